The van der Waals surface area contributed by atoms with Gasteiger partial charge in [0, 0.05) is 6.54 Å². The van der Waals surface area contributed by atoms with Gasteiger partial charge in [0.05, 0.1) is 23.8 Å². The van der Waals surface area contributed by atoms with Gasteiger partial charge in [0.15, 0.2) is 0 Å². The van der Waals surface area contributed by atoms with Gasteiger partial charge in [0.25, 0.3) is 0 Å². The Kier molecular flexibility index (Phi) is 10.7. The average Bonchev–Trinajstić information content (AvgIpc) is 3.47. The molecule has 2 aromatic rings. The second-order valence-electron chi connectivity index (χ2n) is 10.1. The fourth-order valence-electron chi connectivity index (χ4n) is 5.61. The van der Waals surface area contributed by atoms with Crippen LogP contribution in [0, 0.1) is 29.0 Å². The Morgan fingerprint density at radius 1 is 1.03 bits per heavy atom. The van der Waals surface area contributed by atoms with E-state index in [1.54, 1.807) is 24.3 Å². The highest BCUT2D eigenvalue weighted by atomic mass is 19.4. The molecule has 1 unspecified atom stereocenters. The molecule has 1 atom stereocenters. The molecule has 0 spiro atoms. The van der Waals surface area contributed by atoms with Crippen LogP contribution in [0.3, 0.4) is 0 Å². The van der Waals surface area contributed by atoms with Gasteiger partial charge in [-0.05, 0) is 99.0 Å². The van der Waals surface area contributed by atoms with E-state index >= 15 is 0 Å². The first-order chi connectivity index (χ1) is 18.5. The predicted octanol–water partition coefficient (Wildman–Crippen LogP) is 5.89. The van der Waals surface area contributed by atoms with Crippen LogP contribution in [0.1, 0.15) is 56.1 Å². The van der Waals surface area contributed by atoms with Gasteiger partial charge in [-0.25, -0.2) is 9.18 Å². The van der Waals surface area contributed by atoms with E-state index < -0.39 is 17.7 Å². The number of nitrogens with zero attached hydrogens (tertiary/aromatic N) is 2. The molecule has 2 N–H and O–H groups in total. The Morgan fingerprint density at radius 3 is 2.15 bits per heavy atom. The highest BCUT2D eigenvalue weighted by Crippen LogP contribution is 2.48. The normalized spacial score (nSPS) is 18.5. The summed E-state index contributed by atoms with van der Waals surface area (Å²) in [6.45, 7) is 3.50. The minimum atomic E-state index is -5.08. The van der Waals surface area contributed by atoms with Gasteiger partial charge >= 0.3 is 12.1 Å². The standard InChI is InChI=1S/C27H33FN2O2.C2HF3O2/c28-25-8-3-7-24(19-25)27(31,22-5-1-2-6-22)23-13-16-30(17-14-23)15-4-18-32-26-11-9-21(20-29)10-12-26;3-2(4,5)1(6)7/h3,7-12,19,22-23,31H,1-2,4-6,13-18H2;(H,6,7). The second kappa shape index (κ2) is 13.8. The summed E-state index contributed by atoms with van der Waals surface area (Å²) in [5.74, 6) is -1.84. The maximum absolute atomic E-state index is 14.0. The molecule has 10 heteroatoms. The number of aliphatic hydroxyl groups is 1. The van der Waals surface area contributed by atoms with Crippen LogP contribution in [-0.2, 0) is 10.4 Å². The number of carboxylic acid groups (broad SMARTS) is 1. The molecular formula is C29H34F4N2O4. The monoisotopic (exact) mass is 550 g/mol. The molecule has 2 aromatic carbocycles. The Balaban J connectivity index is 0.000000532. The maximum atomic E-state index is 14.0. The second-order valence-corrected chi connectivity index (χ2v) is 10.1. The number of halogens is 4. The lowest BCUT2D eigenvalue weighted by Crippen LogP contribution is -2.47. The number of benzene rings is 2. The van der Waals surface area contributed by atoms with Gasteiger partial charge in [0.2, 0.25) is 0 Å². The van der Waals surface area contributed by atoms with E-state index in [1.165, 1.54) is 6.07 Å². The average molecular weight is 551 g/mol. The number of likely N-dealkylation sites (tertiary alicyclic amines) is 1. The zero-order valence-electron chi connectivity index (χ0n) is 21.7. The minimum absolute atomic E-state index is 0.165. The molecule has 212 valence electrons. The number of hydrogen-bond acceptors (Lipinski definition) is 5. The Bertz CT molecular complexity index is 1110. The lowest BCUT2D eigenvalue weighted by Gasteiger charge is -2.45. The molecule has 1 aliphatic carbocycles. The molecule has 1 saturated carbocycles. The quantitative estimate of drug-likeness (QED) is 0.315. The van der Waals surface area contributed by atoms with Gasteiger partial charge < -0.3 is 19.8 Å². The third kappa shape index (κ3) is 8.41. The molecule has 1 saturated heterocycles. The van der Waals surface area contributed by atoms with Crippen molar-refractivity contribution in [2.24, 2.45) is 11.8 Å². The van der Waals surface area contributed by atoms with Crippen LogP contribution in [0.4, 0.5) is 17.6 Å². The lowest BCUT2D eigenvalue weighted by molar-refractivity contribution is -0.192. The van der Waals surface area contributed by atoms with Gasteiger partial charge in [-0.1, -0.05) is 25.0 Å². The summed E-state index contributed by atoms with van der Waals surface area (Å²) in [6.07, 6.45) is 2.07. The fraction of sp³-hybridized carbons (Fsp3) is 0.517. The number of carbonyl (C=O) groups is 1. The van der Waals surface area contributed by atoms with Crippen molar-refractivity contribution in [2.75, 3.05) is 26.2 Å². The number of piperidine rings is 1. The summed E-state index contributed by atoms with van der Waals surface area (Å²) in [5.41, 5.74) is 0.471. The van der Waals surface area contributed by atoms with E-state index in [2.05, 4.69) is 11.0 Å². The maximum Gasteiger partial charge on any atom is 0.490 e. The number of carboxylic acids is 1. The van der Waals surface area contributed by atoms with Crippen molar-refractivity contribution in [3.8, 4) is 11.8 Å². The minimum Gasteiger partial charge on any atom is -0.494 e. The molecule has 0 radical (unpaired) electrons. The molecule has 0 aromatic heterocycles. The zero-order valence-corrected chi connectivity index (χ0v) is 21.7. The molecule has 6 nitrogen and oxygen atoms in total. The summed E-state index contributed by atoms with van der Waals surface area (Å²) in [7, 11) is 0. The first-order valence-corrected chi connectivity index (χ1v) is 13.2. The van der Waals surface area contributed by atoms with Crippen molar-refractivity contribution < 1.29 is 37.3 Å². The molecule has 0 bridgehead atoms. The largest absolute Gasteiger partial charge is 0.494 e. The molecule has 1 aliphatic heterocycles. The first-order valence-electron chi connectivity index (χ1n) is 13.2. The first kappa shape index (κ1) is 30.4. The summed E-state index contributed by atoms with van der Waals surface area (Å²) in [5, 5.41) is 28.0. The van der Waals surface area contributed by atoms with Gasteiger partial charge in [0.1, 0.15) is 11.6 Å². The van der Waals surface area contributed by atoms with Crippen LogP contribution < -0.4 is 4.74 Å². The molecule has 1 heterocycles. The Hall–Kier alpha value is -3.16. The van der Waals surface area contributed by atoms with Gasteiger partial charge in [-0.3, -0.25) is 0 Å². The number of hydrogen-bond donors (Lipinski definition) is 2. The lowest BCUT2D eigenvalue weighted by atomic mass is 9.68. The van der Waals surface area contributed by atoms with Crippen molar-refractivity contribution in [3.63, 3.8) is 0 Å². The predicted molar refractivity (Wildman–Crippen MR) is 136 cm³/mol. The smallest absolute Gasteiger partial charge is 0.490 e. The molecular weight excluding hydrogens is 516 g/mol. The van der Waals surface area contributed by atoms with Crippen LogP contribution in [0.5, 0.6) is 5.75 Å². The molecule has 0 amide bonds. The van der Waals surface area contributed by atoms with Crippen molar-refractivity contribution in [2.45, 2.75) is 56.7 Å². The zero-order chi connectivity index (χ0) is 28.5. The van der Waals surface area contributed by atoms with Crippen LogP contribution in [0.2, 0.25) is 0 Å². The Labute approximate surface area is 225 Å². The highest BCUT2D eigenvalue weighted by Gasteiger charge is 2.46. The van der Waals surface area contributed by atoms with Crippen molar-refractivity contribution in [1.29, 1.82) is 5.26 Å². The van der Waals surface area contributed by atoms with Crippen molar-refractivity contribution >= 4 is 5.97 Å². The van der Waals surface area contributed by atoms with E-state index in [4.69, 9.17) is 19.9 Å². The number of ether oxygens (including phenoxy) is 1. The van der Waals surface area contributed by atoms with E-state index in [9.17, 15) is 22.7 Å². The topological polar surface area (TPSA) is 93.8 Å². The van der Waals surface area contributed by atoms with Crippen molar-refractivity contribution in [3.05, 3.63) is 65.5 Å². The molecule has 2 aliphatic rings. The van der Waals surface area contributed by atoms with Crippen LogP contribution >= 0.6 is 0 Å². The van der Waals surface area contributed by atoms with Crippen LogP contribution in [0.25, 0.3) is 0 Å². The van der Waals surface area contributed by atoms with Gasteiger partial charge in [-0.15, -0.1) is 0 Å². The summed E-state index contributed by atoms with van der Waals surface area (Å²) in [6, 6.07) is 16.0. The summed E-state index contributed by atoms with van der Waals surface area (Å²) >= 11 is 0. The summed E-state index contributed by atoms with van der Waals surface area (Å²) < 4.78 is 51.5. The Morgan fingerprint density at radius 2 is 1.62 bits per heavy atom. The summed E-state index contributed by atoms with van der Waals surface area (Å²) in [4.78, 5) is 11.3. The third-order valence-electron chi connectivity index (χ3n) is 7.59. The number of aliphatic carboxylic acids is 1. The SMILES string of the molecule is N#Cc1ccc(OCCCN2CCC(C(O)(c3cccc(F)c3)C3CCCC3)CC2)cc1.O=C(O)C(F)(F)F. The fourth-order valence-corrected chi connectivity index (χ4v) is 5.61. The number of alkyl halides is 3. The van der Waals surface area contributed by atoms with Crippen LogP contribution in [0.15, 0.2) is 48.5 Å². The number of rotatable bonds is 8. The molecule has 39 heavy (non-hydrogen) atoms. The highest BCUT2D eigenvalue weighted by molar-refractivity contribution is 5.73. The van der Waals surface area contributed by atoms with Gasteiger partial charge in [-0.2, -0.15) is 18.4 Å². The van der Waals surface area contributed by atoms with E-state index in [1.807, 2.05) is 18.2 Å². The third-order valence-corrected chi connectivity index (χ3v) is 7.59. The van der Waals surface area contributed by atoms with Crippen molar-refractivity contribution in [1.82, 2.24) is 4.90 Å². The number of nitriles is 1. The molecule has 4 rings (SSSR count). The van der Waals surface area contributed by atoms with E-state index in [0.717, 1.165) is 75.9 Å². The van der Waals surface area contributed by atoms with E-state index in [0.29, 0.717) is 12.2 Å². The van der Waals surface area contributed by atoms with E-state index in [-0.39, 0.29) is 17.7 Å². The van der Waals surface area contributed by atoms with Crippen LogP contribution in [-0.4, -0.2) is 53.5 Å². The molecule has 2 fully saturated rings.